The van der Waals surface area contributed by atoms with E-state index >= 15 is 0 Å². The zero-order valence-electron chi connectivity index (χ0n) is 16.5. The number of amides is 1. The molecule has 1 aromatic carbocycles. The van der Waals surface area contributed by atoms with Crippen LogP contribution in [0.2, 0.25) is 5.02 Å². The maximum atomic E-state index is 12.9. The number of aryl methyl sites for hydroxylation is 1. The van der Waals surface area contributed by atoms with E-state index in [-0.39, 0.29) is 18.0 Å². The Labute approximate surface area is 177 Å². The fraction of sp³-hybridized carbons (Fsp3) is 0.333. The molecule has 0 bridgehead atoms. The number of carbonyl (C=O) groups is 1. The number of aromatic amines is 1. The molecule has 0 unspecified atom stereocenters. The minimum Gasteiger partial charge on any atom is -0.349 e. The summed E-state index contributed by atoms with van der Waals surface area (Å²) in [5.41, 5.74) is 9.76. The lowest BCUT2D eigenvalue weighted by molar-refractivity contribution is 0.0927. The summed E-state index contributed by atoms with van der Waals surface area (Å²) >= 11 is 6.13. The molecule has 9 heteroatoms. The van der Waals surface area contributed by atoms with Crippen molar-refractivity contribution in [1.82, 2.24) is 30.0 Å². The zero-order valence-corrected chi connectivity index (χ0v) is 17.3. The van der Waals surface area contributed by atoms with Crippen molar-refractivity contribution in [2.24, 2.45) is 12.8 Å². The average molecular weight is 424 g/mol. The standard InChI is InChI=1S/C21H22ClN7O/c1-29-17-8-11(22)2-7-14(17)18(28-29)16-10-25-20-19(27-16)15(9-24-20)21(30)26-13-5-3-12(23)4-6-13/h2,7-10,12-13H,3-6,23H2,1H3,(H,24,25)(H,26,30)/t12-,13-. The number of hydrogen-bond donors (Lipinski definition) is 3. The number of rotatable bonds is 3. The van der Waals surface area contributed by atoms with Crippen LogP contribution >= 0.6 is 11.6 Å². The van der Waals surface area contributed by atoms with Crippen molar-refractivity contribution in [3.05, 3.63) is 41.2 Å². The van der Waals surface area contributed by atoms with Gasteiger partial charge >= 0.3 is 0 Å². The lowest BCUT2D eigenvalue weighted by Gasteiger charge is -2.26. The Morgan fingerprint density at radius 1 is 1.30 bits per heavy atom. The van der Waals surface area contributed by atoms with E-state index in [1.165, 1.54) is 0 Å². The Hall–Kier alpha value is -2.97. The number of nitrogens with zero attached hydrogens (tertiary/aromatic N) is 4. The third kappa shape index (κ3) is 3.32. The van der Waals surface area contributed by atoms with E-state index in [4.69, 9.17) is 22.3 Å². The first kappa shape index (κ1) is 19.0. The van der Waals surface area contributed by atoms with Gasteiger partial charge in [0.1, 0.15) is 16.9 Å². The van der Waals surface area contributed by atoms with Crippen LogP contribution in [0.5, 0.6) is 0 Å². The lowest BCUT2D eigenvalue weighted by Crippen LogP contribution is -2.40. The van der Waals surface area contributed by atoms with Crippen LogP contribution in [0, 0.1) is 0 Å². The monoisotopic (exact) mass is 423 g/mol. The highest BCUT2D eigenvalue weighted by Crippen LogP contribution is 2.29. The smallest absolute Gasteiger partial charge is 0.255 e. The molecule has 1 amide bonds. The molecule has 0 aliphatic heterocycles. The van der Waals surface area contributed by atoms with E-state index < -0.39 is 0 Å². The van der Waals surface area contributed by atoms with Gasteiger partial charge in [0, 0.05) is 35.7 Å². The molecule has 30 heavy (non-hydrogen) atoms. The van der Waals surface area contributed by atoms with Gasteiger partial charge in [-0.1, -0.05) is 11.6 Å². The number of hydrogen-bond acceptors (Lipinski definition) is 5. The number of H-pyrrole nitrogens is 1. The molecule has 1 saturated carbocycles. The number of aromatic nitrogens is 5. The van der Waals surface area contributed by atoms with Crippen LogP contribution in [0.3, 0.4) is 0 Å². The first-order valence-electron chi connectivity index (χ1n) is 10.0. The van der Waals surface area contributed by atoms with Gasteiger partial charge in [-0.3, -0.25) is 9.48 Å². The molecule has 154 valence electrons. The van der Waals surface area contributed by atoms with Crippen molar-refractivity contribution in [1.29, 1.82) is 0 Å². The predicted molar refractivity (Wildman–Crippen MR) is 116 cm³/mol. The van der Waals surface area contributed by atoms with Crippen LogP contribution < -0.4 is 11.1 Å². The minimum atomic E-state index is -0.147. The first-order valence-corrected chi connectivity index (χ1v) is 10.4. The Kier molecular flexibility index (Phi) is 4.67. The lowest BCUT2D eigenvalue weighted by atomic mass is 9.92. The molecule has 0 radical (unpaired) electrons. The van der Waals surface area contributed by atoms with E-state index in [2.05, 4.69) is 20.4 Å². The molecule has 3 heterocycles. The summed E-state index contributed by atoms with van der Waals surface area (Å²) in [6.07, 6.45) is 6.98. The van der Waals surface area contributed by atoms with Crippen molar-refractivity contribution in [3.63, 3.8) is 0 Å². The Morgan fingerprint density at radius 2 is 2.10 bits per heavy atom. The number of fused-ring (bicyclic) bond motifs is 2. The number of halogens is 1. The molecule has 0 saturated heterocycles. The summed E-state index contributed by atoms with van der Waals surface area (Å²) in [6, 6.07) is 5.99. The highest BCUT2D eigenvalue weighted by Gasteiger charge is 2.23. The fourth-order valence-electron chi connectivity index (χ4n) is 4.12. The van der Waals surface area contributed by atoms with Gasteiger partial charge in [-0.25, -0.2) is 9.97 Å². The molecule has 4 aromatic rings. The zero-order chi connectivity index (χ0) is 20.8. The molecule has 3 aromatic heterocycles. The van der Waals surface area contributed by atoms with Crippen molar-refractivity contribution in [2.75, 3.05) is 0 Å². The van der Waals surface area contributed by atoms with Gasteiger partial charge in [0.15, 0.2) is 5.65 Å². The van der Waals surface area contributed by atoms with Crippen molar-refractivity contribution in [3.8, 4) is 11.4 Å². The maximum Gasteiger partial charge on any atom is 0.255 e. The molecular weight excluding hydrogens is 402 g/mol. The summed E-state index contributed by atoms with van der Waals surface area (Å²) in [5.74, 6) is -0.147. The molecular formula is C21H22ClN7O. The van der Waals surface area contributed by atoms with Crippen LogP contribution in [0.25, 0.3) is 33.5 Å². The summed E-state index contributed by atoms with van der Waals surface area (Å²) in [7, 11) is 1.86. The van der Waals surface area contributed by atoms with E-state index in [1.54, 1.807) is 17.1 Å². The highest BCUT2D eigenvalue weighted by molar-refractivity contribution is 6.31. The summed E-state index contributed by atoms with van der Waals surface area (Å²) < 4.78 is 1.76. The van der Waals surface area contributed by atoms with Crippen molar-refractivity contribution < 1.29 is 4.79 Å². The van der Waals surface area contributed by atoms with Gasteiger partial charge < -0.3 is 16.0 Å². The third-order valence-electron chi connectivity index (χ3n) is 5.79. The minimum absolute atomic E-state index is 0.142. The second-order valence-electron chi connectivity index (χ2n) is 7.87. The maximum absolute atomic E-state index is 12.9. The summed E-state index contributed by atoms with van der Waals surface area (Å²) in [6.45, 7) is 0. The molecule has 1 aliphatic rings. The van der Waals surface area contributed by atoms with Gasteiger partial charge in [0.05, 0.1) is 17.3 Å². The molecule has 1 aliphatic carbocycles. The first-order chi connectivity index (χ1) is 14.5. The van der Waals surface area contributed by atoms with Gasteiger partial charge in [-0.05, 0) is 43.9 Å². The number of nitrogens with two attached hydrogens (primary N) is 1. The van der Waals surface area contributed by atoms with Crippen LogP contribution in [0.15, 0.2) is 30.6 Å². The van der Waals surface area contributed by atoms with Gasteiger partial charge in [0.25, 0.3) is 5.91 Å². The SMILES string of the molecule is Cn1nc(-c2cnc3[nH]cc(C(=O)N[C@H]4CC[C@H](N)CC4)c3n2)c2ccc(Cl)cc21. The van der Waals surface area contributed by atoms with Crippen LogP contribution in [-0.2, 0) is 7.05 Å². The average Bonchev–Trinajstić information content (AvgIpc) is 3.30. The van der Waals surface area contributed by atoms with E-state index in [9.17, 15) is 4.79 Å². The highest BCUT2D eigenvalue weighted by atomic mass is 35.5. The predicted octanol–water partition coefficient (Wildman–Crippen LogP) is 3.16. The van der Waals surface area contributed by atoms with Gasteiger partial charge in [0.2, 0.25) is 0 Å². The Bertz CT molecular complexity index is 1250. The second kappa shape index (κ2) is 7.37. The van der Waals surface area contributed by atoms with Crippen molar-refractivity contribution in [2.45, 2.75) is 37.8 Å². The summed E-state index contributed by atoms with van der Waals surface area (Å²) in [5, 5.41) is 9.29. The van der Waals surface area contributed by atoms with Gasteiger partial charge in [-0.2, -0.15) is 5.10 Å². The fourth-order valence-corrected chi connectivity index (χ4v) is 4.29. The van der Waals surface area contributed by atoms with E-state index in [0.29, 0.717) is 33.1 Å². The molecule has 0 atom stereocenters. The van der Waals surface area contributed by atoms with Crippen molar-refractivity contribution >= 4 is 39.6 Å². The number of carbonyl (C=O) groups excluding carboxylic acids is 1. The van der Waals surface area contributed by atoms with Crippen LogP contribution in [0.1, 0.15) is 36.0 Å². The van der Waals surface area contributed by atoms with Gasteiger partial charge in [-0.15, -0.1) is 0 Å². The largest absolute Gasteiger partial charge is 0.349 e. The second-order valence-corrected chi connectivity index (χ2v) is 8.31. The summed E-state index contributed by atoms with van der Waals surface area (Å²) in [4.78, 5) is 25.1. The molecule has 1 fully saturated rings. The van der Waals surface area contributed by atoms with E-state index in [0.717, 1.165) is 36.6 Å². The molecule has 5 rings (SSSR count). The quantitative estimate of drug-likeness (QED) is 0.468. The van der Waals surface area contributed by atoms with Crippen LogP contribution in [0.4, 0.5) is 0 Å². The number of benzene rings is 1. The third-order valence-corrected chi connectivity index (χ3v) is 6.02. The molecule has 8 nitrogen and oxygen atoms in total. The Balaban J connectivity index is 1.50. The Morgan fingerprint density at radius 3 is 2.90 bits per heavy atom. The van der Waals surface area contributed by atoms with E-state index in [1.807, 2.05) is 25.2 Å². The number of nitrogens with one attached hydrogen (secondary N) is 2. The molecule has 4 N–H and O–H groups in total. The topological polar surface area (TPSA) is 115 Å². The molecule has 0 spiro atoms. The van der Waals surface area contributed by atoms with Crippen LogP contribution in [-0.4, -0.2) is 42.7 Å². The normalized spacial score (nSPS) is 19.4.